The van der Waals surface area contributed by atoms with Gasteiger partial charge in [0.25, 0.3) is 0 Å². The zero-order chi connectivity index (χ0) is 32.8. The second kappa shape index (κ2) is 14.7. The molecule has 1 aromatic carbocycles. The lowest BCUT2D eigenvalue weighted by molar-refractivity contribution is -0.142. The van der Waals surface area contributed by atoms with E-state index in [4.69, 9.17) is 42.4 Å². The number of hydrogen-bond acceptors (Lipinski definition) is 8. The first-order valence-electron chi connectivity index (χ1n) is 15.3. The van der Waals surface area contributed by atoms with Crippen molar-refractivity contribution in [3.8, 4) is 22.9 Å². The number of amides is 1. The largest absolute Gasteiger partial charge is 0.469 e. The van der Waals surface area contributed by atoms with Crippen molar-refractivity contribution < 1.29 is 23.8 Å². The third-order valence-electron chi connectivity index (χ3n) is 7.64. The summed E-state index contributed by atoms with van der Waals surface area (Å²) < 4.78 is 18.4. The molecular weight excluding hydrogens is 629 g/mol. The highest BCUT2D eigenvalue weighted by molar-refractivity contribution is 6.35. The molecule has 12 heteroatoms. The van der Waals surface area contributed by atoms with Crippen LogP contribution in [0.2, 0.25) is 10.0 Å². The zero-order valence-electron chi connectivity index (χ0n) is 26.5. The van der Waals surface area contributed by atoms with Gasteiger partial charge in [0.05, 0.1) is 19.0 Å². The summed E-state index contributed by atoms with van der Waals surface area (Å²) in [5, 5.41) is 4.71. The van der Waals surface area contributed by atoms with Crippen LogP contribution in [0.25, 0.3) is 22.3 Å². The molecule has 0 bridgehead atoms. The smallest absolute Gasteiger partial charge is 0.407 e. The van der Waals surface area contributed by atoms with Crippen molar-refractivity contribution in [2.75, 3.05) is 26.7 Å². The van der Waals surface area contributed by atoms with Crippen molar-refractivity contribution in [1.82, 2.24) is 24.8 Å². The number of halogens is 2. The molecule has 0 radical (unpaired) electrons. The highest BCUT2D eigenvalue weighted by Gasteiger charge is 2.23. The van der Waals surface area contributed by atoms with Crippen LogP contribution in [0.1, 0.15) is 45.6 Å². The van der Waals surface area contributed by atoms with E-state index in [0.29, 0.717) is 59.3 Å². The van der Waals surface area contributed by atoms with E-state index in [1.165, 1.54) is 7.11 Å². The van der Waals surface area contributed by atoms with Gasteiger partial charge < -0.3 is 24.1 Å². The summed E-state index contributed by atoms with van der Waals surface area (Å²) in [4.78, 5) is 35.5. The molecule has 1 aliphatic heterocycles. The minimum Gasteiger partial charge on any atom is -0.469 e. The van der Waals surface area contributed by atoms with Crippen molar-refractivity contribution in [3.63, 3.8) is 0 Å². The number of carbonyl (C=O) groups excluding carboxylic acids is 2. The summed E-state index contributed by atoms with van der Waals surface area (Å²) in [5.74, 6) is 1.15. The quantitative estimate of drug-likeness (QED) is 0.173. The Morgan fingerprint density at radius 3 is 2.48 bits per heavy atom. The third kappa shape index (κ3) is 9.34. The van der Waals surface area contributed by atoms with Gasteiger partial charge in [0.1, 0.15) is 17.0 Å². The molecule has 1 N–H and O–H groups in total. The van der Waals surface area contributed by atoms with Gasteiger partial charge in [-0.3, -0.25) is 9.69 Å². The maximum Gasteiger partial charge on any atom is 0.407 e. The van der Waals surface area contributed by atoms with E-state index in [1.54, 1.807) is 12.3 Å². The van der Waals surface area contributed by atoms with Crippen LogP contribution in [-0.2, 0) is 27.4 Å². The van der Waals surface area contributed by atoms with Crippen LogP contribution in [0.3, 0.4) is 0 Å². The summed E-state index contributed by atoms with van der Waals surface area (Å²) in [5.41, 5.74) is 2.72. The molecule has 5 rings (SSSR count). The summed E-state index contributed by atoms with van der Waals surface area (Å²) in [6.07, 6.45) is 5.46. The summed E-state index contributed by atoms with van der Waals surface area (Å²) in [6.45, 7) is 8.87. The average molecular weight is 669 g/mol. The van der Waals surface area contributed by atoms with E-state index in [0.717, 1.165) is 48.1 Å². The highest BCUT2D eigenvalue weighted by Crippen LogP contribution is 2.32. The zero-order valence-corrected chi connectivity index (χ0v) is 28.0. The number of esters is 1. The topological polar surface area (TPSA) is 108 Å². The van der Waals surface area contributed by atoms with Gasteiger partial charge in [-0.25, -0.2) is 14.8 Å². The van der Waals surface area contributed by atoms with Gasteiger partial charge in [-0.05, 0) is 94.6 Å². The fourth-order valence-electron chi connectivity index (χ4n) is 5.49. The Hall–Kier alpha value is -3.86. The van der Waals surface area contributed by atoms with Crippen molar-refractivity contribution in [3.05, 3.63) is 70.5 Å². The fraction of sp³-hybridized carbons (Fsp3) is 0.412. The normalized spacial score (nSPS) is 14.3. The molecule has 0 spiro atoms. The number of fused-ring (bicyclic) bond motifs is 1. The molecule has 0 aliphatic carbocycles. The van der Waals surface area contributed by atoms with Crippen LogP contribution in [0.4, 0.5) is 4.79 Å². The lowest BCUT2D eigenvalue weighted by Gasteiger charge is -2.31. The predicted octanol–water partition coefficient (Wildman–Crippen LogP) is 7.50. The Balaban J connectivity index is 1.31. The summed E-state index contributed by atoms with van der Waals surface area (Å²) in [6, 6.07) is 13.2. The minimum absolute atomic E-state index is 0.154. The summed E-state index contributed by atoms with van der Waals surface area (Å²) in [7, 11) is 1.43. The van der Waals surface area contributed by atoms with Gasteiger partial charge in [0, 0.05) is 59.3 Å². The molecule has 244 valence electrons. The maximum atomic E-state index is 12.0. The number of aromatic nitrogens is 3. The standard InChI is InChI=1S/C34H39Cl2N5O5/c1-34(2,3)46-33(43)37-8-12-41-11-7-24-18-28(20-38-32(24)41)45-30-14-23(13-29(39-30)25-16-26(35)19-27(36)17-25)21-40-9-5-22(6-10-40)15-31(42)44-4/h7,11,13-14,16-20,22H,5-6,8-10,12,15,21H2,1-4H3,(H,37,43). The van der Waals surface area contributed by atoms with E-state index in [2.05, 4.69) is 15.2 Å². The Morgan fingerprint density at radius 1 is 1.04 bits per heavy atom. The van der Waals surface area contributed by atoms with E-state index in [9.17, 15) is 9.59 Å². The number of nitrogens with one attached hydrogen (secondary N) is 1. The number of piperidine rings is 1. The van der Waals surface area contributed by atoms with Gasteiger partial charge in [0.15, 0.2) is 0 Å². The van der Waals surface area contributed by atoms with Crippen molar-refractivity contribution in [1.29, 1.82) is 0 Å². The van der Waals surface area contributed by atoms with Crippen LogP contribution in [-0.4, -0.2) is 63.8 Å². The van der Waals surface area contributed by atoms with E-state index in [-0.39, 0.29) is 5.97 Å². The Morgan fingerprint density at radius 2 is 1.78 bits per heavy atom. The first-order chi connectivity index (χ1) is 21.9. The maximum absolute atomic E-state index is 12.0. The molecule has 0 atom stereocenters. The van der Waals surface area contributed by atoms with Crippen LogP contribution < -0.4 is 10.1 Å². The van der Waals surface area contributed by atoms with Crippen LogP contribution in [0.5, 0.6) is 11.6 Å². The molecule has 1 amide bonds. The monoisotopic (exact) mass is 667 g/mol. The lowest BCUT2D eigenvalue weighted by atomic mass is 9.93. The van der Waals surface area contributed by atoms with E-state index < -0.39 is 11.7 Å². The molecule has 1 fully saturated rings. The molecule has 0 saturated carbocycles. The van der Waals surface area contributed by atoms with Gasteiger partial charge in [-0.1, -0.05) is 23.2 Å². The van der Waals surface area contributed by atoms with Gasteiger partial charge >= 0.3 is 12.1 Å². The molecule has 1 saturated heterocycles. The molecule has 4 aromatic rings. The Labute approximate surface area is 278 Å². The SMILES string of the molecule is COC(=O)CC1CCN(Cc2cc(Oc3cnc4c(ccn4CCNC(=O)OC(C)(C)C)c3)nc(-c3cc(Cl)cc(Cl)c3)c2)CC1. The number of carbonyl (C=O) groups is 2. The van der Waals surface area contributed by atoms with E-state index in [1.807, 2.05) is 67.9 Å². The average Bonchev–Trinajstić information content (AvgIpc) is 3.38. The van der Waals surface area contributed by atoms with Gasteiger partial charge in [0.2, 0.25) is 5.88 Å². The molecule has 1 aliphatic rings. The Kier molecular flexibility index (Phi) is 10.7. The number of ether oxygens (including phenoxy) is 3. The van der Waals surface area contributed by atoms with Crippen LogP contribution >= 0.6 is 23.2 Å². The number of alkyl carbamates (subject to hydrolysis) is 1. The molecular formula is C34H39Cl2N5O5. The van der Waals surface area contributed by atoms with E-state index >= 15 is 0 Å². The number of methoxy groups -OCH3 is 1. The van der Waals surface area contributed by atoms with Crippen molar-refractivity contribution in [2.24, 2.45) is 5.92 Å². The molecule has 3 aromatic heterocycles. The predicted molar refractivity (Wildman–Crippen MR) is 178 cm³/mol. The molecule has 46 heavy (non-hydrogen) atoms. The third-order valence-corrected chi connectivity index (χ3v) is 8.07. The first-order valence-corrected chi connectivity index (χ1v) is 16.1. The van der Waals surface area contributed by atoms with Crippen LogP contribution in [0.15, 0.2) is 54.9 Å². The number of nitrogens with zero attached hydrogens (tertiary/aromatic N) is 4. The number of benzene rings is 1. The fourth-order valence-corrected chi connectivity index (χ4v) is 6.01. The van der Waals surface area contributed by atoms with Gasteiger partial charge in [-0.2, -0.15) is 0 Å². The summed E-state index contributed by atoms with van der Waals surface area (Å²) >= 11 is 12.7. The lowest BCUT2D eigenvalue weighted by Crippen LogP contribution is -2.34. The number of pyridine rings is 2. The van der Waals surface area contributed by atoms with Crippen molar-refractivity contribution >= 4 is 46.3 Å². The molecule has 10 nitrogen and oxygen atoms in total. The minimum atomic E-state index is -0.553. The van der Waals surface area contributed by atoms with Gasteiger partial charge in [-0.15, -0.1) is 0 Å². The highest BCUT2D eigenvalue weighted by atomic mass is 35.5. The van der Waals surface area contributed by atoms with Crippen LogP contribution in [0, 0.1) is 5.92 Å². The first kappa shape index (κ1) is 33.5. The Bertz CT molecular complexity index is 1670. The molecule has 0 unspecified atom stereocenters. The second-order valence-electron chi connectivity index (χ2n) is 12.5. The van der Waals surface area contributed by atoms with Crippen molar-refractivity contribution in [2.45, 2.75) is 58.7 Å². The second-order valence-corrected chi connectivity index (χ2v) is 13.4. The molecule has 4 heterocycles. The number of rotatable bonds is 10. The number of likely N-dealkylation sites (tertiary alicyclic amines) is 1. The number of hydrogen-bond donors (Lipinski definition) is 1.